The quantitative estimate of drug-likeness (QED) is 0.726. The summed E-state index contributed by atoms with van der Waals surface area (Å²) in [5.74, 6) is 0.825. The molecule has 1 aromatic carbocycles. The molecule has 0 bridgehead atoms. The molecule has 0 radical (unpaired) electrons. The molecule has 0 amide bonds. The molecule has 2 aromatic heterocycles. The molecule has 6 heteroatoms. The van der Waals surface area contributed by atoms with Crippen LogP contribution in [0.25, 0.3) is 22.8 Å². The van der Waals surface area contributed by atoms with Gasteiger partial charge in [-0.1, -0.05) is 16.8 Å². The number of nitrogens with two attached hydrogens (primary N) is 1. The summed E-state index contributed by atoms with van der Waals surface area (Å²) in [7, 11) is 0. The monoisotopic (exact) mass is 272 g/mol. The maximum absolute atomic E-state index is 5.88. The molecule has 0 fully saturated rings. The Balaban J connectivity index is 2.02. The number of anilines is 1. The number of hydrogen-bond donors (Lipinski definition) is 1. The lowest BCUT2D eigenvalue weighted by Gasteiger charge is -2.00. The minimum absolute atomic E-state index is 0.355. The van der Waals surface area contributed by atoms with Crippen molar-refractivity contribution in [3.63, 3.8) is 0 Å². The Morgan fingerprint density at radius 1 is 1.21 bits per heavy atom. The fraction of sp³-hybridized carbons (Fsp3) is 0. The van der Waals surface area contributed by atoms with Gasteiger partial charge in [-0.05, 0) is 30.3 Å². The number of nitrogen functional groups attached to an aromatic ring is 1. The molecule has 0 saturated carbocycles. The van der Waals surface area contributed by atoms with Crippen LogP contribution in [0.2, 0.25) is 5.02 Å². The van der Waals surface area contributed by atoms with Crippen molar-refractivity contribution in [2.24, 2.45) is 0 Å². The predicted molar refractivity (Wildman–Crippen MR) is 72.4 cm³/mol. The zero-order chi connectivity index (χ0) is 13.2. The van der Waals surface area contributed by atoms with Crippen LogP contribution in [0, 0.1) is 0 Å². The Morgan fingerprint density at radius 3 is 2.84 bits per heavy atom. The first-order valence-electron chi connectivity index (χ1n) is 5.53. The highest BCUT2D eigenvalue weighted by Gasteiger charge is 2.13. The highest BCUT2D eigenvalue weighted by molar-refractivity contribution is 6.31. The lowest BCUT2D eigenvalue weighted by molar-refractivity contribution is 0.432. The summed E-state index contributed by atoms with van der Waals surface area (Å²) >= 11 is 5.85. The summed E-state index contributed by atoms with van der Waals surface area (Å²) in [5, 5.41) is 4.47. The minimum atomic E-state index is 0.355. The first-order valence-corrected chi connectivity index (χ1v) is 5.91. The summed E-state index contributed by atoms with van der Waals surface area (Å²) in [6, 6.07) is 8.78. The van der Waals surface area contributed by atoms with Crippen LogP contribution in [-0.2, 0) is 0 Å². The van der Waals surface area contributed by atoms with Gasteiger partial charge < -0.3 is 10.3 Å². The molecular weight excluding hydrogens is 264 g/mol. The Labute approximate surface area is 114 Å². The van der Waals surface area contributed by atoms with Crippen LogP contribution in [0.5, 0.6) is 0 Å². The van der Waals surface area contributed by atoms with Crippen molar-refractivity contribution in [1.82, 2.24) is 15.1 Å². The standard InChI is InChI=1S/C13H9ClN4O/c14-9-3-4-10(11(15)6-9)13-17-12(18-19-13)8-2-1-5-16-7-8/h1-7H,15H2. The van der Waals surface area contributed by atoms with Crippen LogP contribution >= 0.6 is 11.6 Å². The maximum atomic E-state index is 5.88. The summed E-state index contributed by atoms with van der Waals surface area (Å²) < 4.78 is 5.21. The molecule has 0 spiro atoms. The zero-order valence-corrected chi connectivity index (χ0v) is 10.5. The van der Waals surface area contributed by atoms with Crippen LogP contribution in [0.1, 0.15) is 0 Å². The number of aromatic nitrogens is 3. The Bertz CT molecular complexity index is 712. The molecule has 0 unspecified atom stereocenters. The van der Waals surface area contributed by atoms with Crippen molar-refractivity contribution in [2.45, 2.75) is 0 Å². The number of rotatable bonds is 2. The Morgan fingerprint density at radius 2 is 2.11 bits per heavy atom. The molecule has 3 aromatic rings. The second-order valence-electron chi connectivity index (χ2n) is 3.90. The lowest BCUT2D eigenvalue weighted by atomic mass is 10.2. The molecule has 0 atom stereocenters. The molecule has 0 aliphatic carbocycles. The smallest absolute Gasteiger partial charge is 0.260 e. The van der Waals surface area contributed by atoms with E-state index in [2.05, 4.69) is 15.1 Å². The second kappa shape index (κ2) is 4.70. The predicted octanol–water partition coefficient (Wildman–Crippen LogP) is 3.03. The van der Waals surface area contributed by atoms with Crippen molar-refractivity contribution >= 4 is 17.3 Å². The highest BCUT2D eigenvalue weighted by atomic mass is 35.5. The Kier molecular flexibility index (Phi) is 2.89. The average molecular weight is 273 g/mol. The van der Waals surface area contributed by atoms with Crippen molar-refractivity contribution in [2.75, 3.05) is 5.73 Å². The van der Waals surface area contributed by atoms with Crippen LogP contribution in [-0.4, -0.2) is 15.1 Å². The van der Waals surface area contributed by atoms with E-state index in [0.29, 0.717) is 28.0 Å². The van der Waals surface area contributed by atoms with Gasteiger partial charge in [0.1, 0.15) is 0 Å². The molecule has 2 heterocycles. The van der Waals surface area contributed by atoms with Crippen molar-refractivity contribution in [1.29, 1.82) is 0 Å². The van der Waals surface area contributed by atoms with E-state index in [1.807, 2.05) is 12.1 Å². The van der Waals surface area contributed by atoms with E-state index >= 15 is 0 Å². The van der Waals surface area contributed by atoms with E-state index in [-0.39, 0.29) is 0 Å². The third kappa shape index (κ3) is 2.28. The number of benzene rings is 1. The van der Waals surface area contributed by atoms with Gasteiger partial charge in [0.05, 0.1) is 5.56 Å². The molecule has 94 valence electrons. The van der Waals surface area contributed by atoms with Gasteiger partial charge in [0.25, 0.3) is 5.89 Å². The van der Waals surface area contributed by atoms with Gasteiger partial charge in [0.15, 0.2) is 0 Å². The average Bonchev–Trinajstić information content (AvgIpc) is 2.89. The molecule has 5 nitrogen and oxygen atoms in total. The van der Waals surface area contributed by atoms with Crippen LogP contribution in [0.3, 0.4) is 0 Å². The molecule has 2 N–H and O–H groups in total. The van der Waals surface area contributed by atoms with Crippen molar-refractivity contribution in [3.05, 3.63) is 47.7 Å². The SMILES string of the molecule is Nc1cc(Cl)ccc1-c1nc(-c2cccnc2)no1. The van der Waals surface area contributed by atoms with Gasteiger partial charge in [0, 0.05) is 28.7 Å². The van der Waals surface area contributed by atoms with E-state index in [1.54, 1.807) is 30.6 Å². The molecule has 0 saturated heterocycles. The van der Waals surface area contributed by atoms with E-state index in [4.69, 9.17) is 21.9 Å². The van der Waals surface area contributed by atoms with E-state index in [0.717, 1.165) is 5.56 Å². The fourth-order valence-corrected chi connectivity index (χ4v) is 1.85. The van der Waals surface area contributed by atoms with Gasteiger partial charge in [-0.15, -0.1) is 0 Å². The largest absolute Gasteiger partial charge is 0.398 e. The first-order chi connectivity index (χ1) is 9.24. The second-order valence-corrected chi connectivity index (χ2v) is 4.33. The highest BCUT2D eigenvalue weighted by Crippen LogP contribution is 2.28. The van der Waals surface area contributed by atoms with Crippen molar-refractivity contribution in [3.8, 4) is 22.8 Å². The van der Waals surface area contributed by atoms with E-state index in [1.165, 1.54) is 0 Å². The molecule has 3 rings (SSSR count). The maximum Gasteiger partial charge on any atom is 0.260 e. The van der Waals surface area contributed by atoms with Gasteiger partial charge in [-0.25, -0.2) is 0 Å². The van der Waals surface area contributed by atoms with Gasteiger partial charge in [-0.3, -0.25) is 4.98 Å². The lowest BCUT2D eigenvalue weighted by Crippen LogP contribution is -1.90. The van der Waals surface area contributed by atoms with Crippen LogP contribution < -0.4 is 5.73 Å². The third-order valence-electron chi connectivity index (χ3n) is 2.59. The first kappa shape index (κ1) is 11.7. The zero-order valence-electron chi connectivity index (χ0n) is 9.75. The van der Waals surface area contributed by atoms with Crippen LogP contribution in [0.15, 0.2) is 47.2 Å². The molecule has 0 aliphatic rings. The normalized spacial score (nSPS) is 10.6. The van der Waals surface area contributed by atoms with Gasteiger partial charge >= 0.3 is 0 Å². The molecular formula is C13H9ClN4O. The van der Waals surface area contributed by atoms with Crippen molar-refractivity contribution < 1.29 is 4.52 Å². The van der Waals surface area contributed by atoms with E-state index < -0.39 is 0 Å². The minimum Gasteiger partial charge on any atom is -0.398 e. The van der Waals surface area contributed by atoms with E-state index in [9.17, 15) is 0 Å². The van der Waals surface area contributed by atoms with Gasteiger partial charge in [-0.2, -0.15) is 4.98 Å². The molecule has 0 aliphatic heterocycles. The van der Waals surface area contributed by atoms with Crippen LogP contribution in [0.4, 0.5) is 5.69 Å². The number of halogens is 1. The number of pyridine rings is 1. The number of hydrogen-bond acceptors (Lipinski definition) is 5. The number of nitrogens with zero attached hydrogens (tertiary/aromatic N) is 3. The summed E-state index contributed by atoms with van der Waals surface area (Å²) in [6.45, 7) is 0. The summed E-state index contributed by atoms with van der Waals surface area (Å²) in [5.41, 5.74) is 7.81. The summed E-state index contributed by atoms with van der Waals surface area (Å²) in [6.07, 6.45) is 3.35. The Hall–Kier alpha value is -2.40. The topological polar surface area (TPSA) is 77.8 Å². The fourth-order valence-electron chi connectivity index (χ4n) is 1.67. The summed E-state index contributed by atoms with van der Waals surface area (Å²) in [4.78, 5) is 8.31. The molecule has 19 heavy (non-hydrogen) atoms. The van der Waals surface area contributed by atoms with Gasteiger partial charge in [0.2, 0.25) is 5.82 Å². The third-order valence-corrected chi connectivity index (χ3v) is 2.82.